The fourth-order valence-corrected chi connectivity index (χ4v) is 4.03. The number of carbonyl (C=O) groups is 2. The lowest BCUT2D eigenvalue weighted by Crippen LogP contribution is -2.63. The third kappa shape index (κ3) is 2.86. The molecule has 128 valence electrons. The third-order valence-corrected chi connectivity index (χ3v) is 5.51. The highest BCUT2D eigenvalue weighted by Gasteiger charge is 2.49. The van der Waals surface area contributed by atoms with Crippen molar-refractivity contribution in [2.75, 3.05) is 52.6 Å². The maximum atomic E-state index is 12.6. The zero-order chi connectivity index (χ0) is 15.9. The molecule has 3 aliphatic heterocycles. The lowest BCUT2D eigenvalue weighted by atomic mass is 9.89. The van der Waals surface area contributed by atoms with Crippen LogP contribution in [0.2, 0.25) is 0 Å². The first-order valence-corrected chi connectivity index (χ1v) is 8.71. The van der Waals surface area contributed by atoms with Gasteiger partial charge in [-0.1, -0.05) is 0 Å². The summed E-state index contributed by atoms with van der Waals surface area (Å²) in [4.78, 5) is 30.6. The smallest absolute Gasteiger partial charge is 0.327 e. The minimum absolute atomic E-state index is 0.0555. The molecule has 23 heavy (non-hydrogen) atoms. The third-order valence-electron chi connectivity index (χ3n) is 5.51. The van der Waals surface area contributed by atoms with Gasteiger partial charge in [0, 0.05) is 25.7 Å². The van der Waals surface area contributed by atoms with E-state index in [0.29, 0.717) is 32.4 Å². The van der Waals surface area contributed by atoms with Crippen LogP contribution in [0.15, 0.2) is 0 Å². The van der Waals surface area contributed by atoms with E-state index in [4.69, 9.17) is 9.47 Å². The molecule has 1 atom stereocenters. The summed E-state index contributed by atoms with van der Waals surface area (Å²) < 4.78 is 11.2. The number of hydrogen-bond acceptors (Lipinski definition) is 5. The molecule has 0 spiro atoms. The minimum Gasteiger partial charge on any atom is -0.379 e. The van der Waals surface area contributed by atoms with E-state index < -0.39 is 0 Å². The van der Waals surface area contributed by atoms with Crippen molar-refractivity contribution in [3.05, 3.63) is 0 Å². The molecule has 0 aromatic heterocycles. The fraction of sp³-hybridized carbons (Fsp3) is 0.875. The Morgan fingerprint density at radius 2 is 1.87 bits per heavy atom. The molecule has 0 radical (unpaired) electrons. The first-order chi connectivity index (χ1) is 11.2. The molecule has 0 bridgehead atoms. The summed E-state index contributed by atoms with van der Waals surface area (Å²) in [6.45, 7) is 5.15. The minimum atomic E-state index is -0.243. The maximum absolute atomic E-state index is 12.6. The fourth-order valence-electron chi connectivity index (χ4n) is 4.03. The number of ether oxygens (including phenoxy) is 2. The Kier molecular flexibility index (Phi) is 4.03. The van der Waals surface area contributed by atoms with E-state index in [9.17, 15) is 9.59 Å². The van der Waals surface area contributed by atoms with Crippen LogP contribution in [0.4, 0.5) is 4.79 Å². The maximum Gasteiger partial charge on any atom is 0.327 e. The second-order valence-electron chi connectivity index (χ2n) is 7.10. The molecule has 7 heteroatoms. The molecule has 4 rings (SSSR count). The zero-order valence-electron chi connectivity index (χ0n) is 13.5. The van der Waals surface area contributed by atoms with Crippen molar-refractivity contribution < 1.29 is 19.1 Å². The quantitative estimate of drug-likeness (QED) is 0.696. The largest absolute Gasteiger partial charge is 0.379 e. The highest BCUT2D eigenvalue weighted by Crippen LogP contribution is 2.33. The molecular weight excluding hydrogens is 298 g/mol. The van der Waals surface area contributed by atoms with Crippen molar-refractivity contribution in [3.63, 3.8) is 0 Å². The van der Waals surface area contributed by atoms with Gasteiger partial charge in [0.15, 0.2) is 0 Å². The molecule has 1 unspecified atom stereocenters. The number of urea groups is 1. The van der Waals surface area contributed by atoms with E-state index in [1.54, 1.807) is 4.90 Å². The number of morpholine rings is 1. The van der Waals surface area contributed by atoms with E-state index in [-0.39, 0.29) is 24.0 Å². The van der Waals surface area contributed by atoms with Crippen LogP contribution >= 0.6 is 0 Å². The standard InChI is InChI=1S/C16H25N3O4/c20-14-10-18(13-2-3-13)15(21)19(14)11-16(4-1-7-23-12-16)17-5-8-22-9-6-17/h13H,1-12H2. The van der Waals surface area contributed by atoms with Gasteiger partial charge < -0.3 is 14.4 Å². The number of carbonyl (C=O) groups excluding carboxylic acids is 2. The van der Waals surface area contributed by atoms with E-state index in [0.717, 1.165) is 45.4 Å². The summed E-state index contributed by atoms with van der Waals surface area (Å²) in [6, 6.07) is 0.189. The number of nitrogens with zero attached hydrogens (tertiary/aromatic N) is 3. The van der Waals surface area contributed by atoms with Crippen molar-refractivity contribution in [3.8, 4) is 0 Å². The second kappa shape index (κ2) is 6.03. The van der Waals surface area contributed by atoms with Crippen LogP contribution in [-0.2, 0) is 14.3 Å². The molecule has 3 heterocycles. The first-order valence-electron chi connectivity index (χ1n) is 8.71. The van der Waals surface area contributed by atoms with E-state index in [2.05, 4.69) is 4.90 Å². The van der Waals surface area contributed by atoms with Gasteiger partial charge in [0.25, 0.3) is 0 Å². The van der Waals surface area contributed by atoms with Crippen molar-refractivity contribution in [1.29, 1.82) is 0 Å². The monoisotopic (exact) mass is 323 g/mol. The summed E-state index contributed by atoms with van der Waals surface area (Å²) in [5, 5.41) is 0. The van der Waals surface area contributed by atoms with Gasteiger partial charge in [-0.15, -0.1) is 0 Å². The van der Waals surface area contributed by atoms with Crippen LogP contribution in [0.3, 0.4) is 0 Å². The van der Waals surface area contributed by atoms with Gasteiger partial charge in [-0.2, -0.15) is 0 Å². The van der Waals surface area contributed by atoms with Crippen LogP contribution in [0.5, 0.6) is 0 Å². The van der Waals surface area contributed by atoms with Crippen molar-refractivity contribution >= 4 is 11.9 Å². The first kappa shape index (κ1) is 15.4. The summed E-state index contributed by atoms with van der Waals surface area (Å²) in [5.74, 6) is -0.0555. The Morgan fingerprint density at radius 3 is 2.52 bits per heavy atom. The molecule has 0 N–H and O–H groups in total. The second-order valence-corrected chi connectivity index (χ2v) is 7.10. The van der Waals surface area contributed by atoms with Gasteiger partial charge in [-0.3, -0.25) is 14.6 Å². The molecular formula is C16H25N3O4. The highest BCUT2D eigenvalue weighted by molar-refractivity contribution is 6.02. The van der Waals surface area contributed by atoms with Crippen molar-refractivity contribution in [2.45, 2.75) is 37.3 Å². The Labute approximate surface area is 136 Å². The van der Waals surface area contributed by atoms with Crippen LogP contribution in [-0.4, -0.2) is 90.8 Å². The topological polar surface area (TPSA) is 62.3 Å². The van der Waals surface area contributed by atoms with Gasteiger partial charge in [-0.25, -0.2) is 4.79 Å². The van der Waals surface area contributed by atoms with E-state index in [1.165, 1.54) is 4.90 Å². The number of amides is 3. The predicted molar refractivity (Wildman–Crippen MR) is 82.0 cm³/mol. The molecule has 3 amide bonds. The molecule has 0 aromatic carbocycles. The molecule has 1 saturated carbocycles. The van der Waals surface area contributed by atoms with Gasteiger partial charge in [-0.05, 0) is 25.7 Å². The van der Waals surface area contributed by atoms with Gasteiger partial charge in [0.05, 0.1) is 31.9 Å². The molecule has 4 aliphatic rings. The Balaban J connectivity index is 1.52. The number of rotatable bonds is 4. The molecule has 0 aromatic rings. The van der Waals surface area contributed by atoms with Crippen LogP contribution < -0.4 is 0 Å². The summed E-state index contributed by atoms with van der Waals surface area (Å²) in [7, 11) is 0. The summed E-state index contributed by atoms with van der Waals surface area (Å²) in [5.41, 5.74) is -0.243. The SMILES string of the molecule is O=C1CN(C2CC2)C(=O)N1CC1(N2CCOCC2)CCCOC1. The number of hydrogen-bond donors (Lipinski definition) is 0. The Morgan fingerprint density at radius 1 is 1.09 bits per heavy atom. The molecule has 1 aliphatic carbocycles. The Hall–Kier alpha value is -1.18. The summed E-state index contributed by atoms with van der Waals surface area (Å²) >= 11 is 0. The Bertz CT molecular complexity index is 482. The molecule has 7 nitrogen and oxygen atoms in total. The zero-order valence-corrected chi connectivity index (χ0v) is 13.5. The average Bonchev–Trinajstić information content (AvgIpc) is 3.39. The molecule has 3 saturated heterocycles. The lowest BCUT2D eigenvalue weighted by Gasteiger charge is -2.48. The van der Waals surface area contributed by atoms with Gasteiger partial charge in [0.1, 0.15) is 6.54 Å². The van der Waals surface area contributed by atoms with Crippen LogP contribution in [0, 0.1) is 0 Å². The summed E-state index contributed by atoms with van der Waals surface area (Å²) in [6.07, 6.45) is 4.00. The van der Waals surface area contributed by atoms with E-state index in [1.807, 2.05) is 0 Å². The average molecular weight is 323 g/mol. The molecule has 4 fully saturated rings. The van der Waals surface area contributed by atoms with Crippen LogP contribution in [0.25, 0.3) is 0 Å². The highest BCUT2D eigenvalue weighted by atomic mass is 16.5. The van der Waals surface area contributed by atoms with Gasteiger partial charge >= 0.3 is 6.03 Å². The number of imide groups is 1. The predicted octanol–water partition coefficient (Wildman–Crippen LogP) is 0.294. The lowest BCUT2D eigenvalue weighted by molar-refractivity contribution is -0.131. The normalized spacial score (nSPS) is 33.6. The van der Waals surface area contributed by atoms with Gasteiger partial charge in [0.2, 0.25) is 5.91 Å². The van der Waals surface area contributed by atoms with E-state index >= 15 is 0 Å². The van der Waals surface area contributed by atoms with Crippen molar-refractivity contribution in [2.24, 2.45) is 0 Å². The van der Waals surface area contributed by atoms with Crippen molar-refractivity contribution in [1.82, 2.24) is 14.7 Å². The van der Waals surface area contributed by atoms with Crippen LogP contribution in [0.1, 0.15) is 25.7 Å².